The normalized spacial score (nSPS) is 16.4. The average molecular weight is 437 g/mol. The van der Waals surface area contributed by atoms with Gasteiger partial charge in [-0.3, -0.25) is 14.5 Å². The highest BCUT2D eigenvalue weighted by molar-refractivity contribution is 8.03. The summed E-state index contributed by atoms with van der Waals surface area (Å²) in [4.78, 5) is 27.5. The molecule has 2 amide bonds. The Morgan fingerprint density at radius 3 is 2.75 bits per heavy atom. The Morgan fingerprint density at radius 1 is 1.29 bits per heavy atom. The van der Waals surface area contributed by atoms with Gasteiger partial charge in [0.15, 0.2) is 8.68 Å². The summed E-state index contributed by atoms with van der Waals surface area (Å²) < 4.78 is 1.70. The number of carbonyl (C=O) groups is 2. The fraction of sp³-hybridized carbons (Fsp3) is 0.474. The van der Waals surface area contributed by atoms with Crippen LogP contribution in [0.5, 0.6) is 0 Å². The highest BCUT2D eigenvalue weighted by atomic mass is 32.2. The zero-order valence-corrected chi connectivity index (χ0v) is 18.8. The highest BCUT2D eigenvalue weighted by Crippen LogP contribution is 2.39. The Morgan fingerprint density at radius 2 is 2.00 bits per heavy atom. The van der Waals surface area contributed by atoms with Gasteiger partial charge >= 0.3 is 0 Å². The van der Waals surface area contributed by atoms with Crippen molar-refractivity contribution < 1.29 is 9.59 Å². The van der Waals surface area contributed by atoms with Crippen LogP contribution in [0.1, 0.15) is 40.5 Å². The number of thioether (sulfide) groups is 2. The number of aromatic nitrogens is 2. The third kappa shape index (κ3) is 4.36. The van der Waals surface area contributed by atoms with Gasteiger partial charge in [0.05, 0.1) is 16.6 Å². The van der Waals surface area contributed by atoms with Crippen LogP contribution < -0.4 is 10.2 Å². The Hall–Kier alpha value is -1.58. The van der Waals surface area contributed by atoms with Crippen LogP contribution in [-0.4, -0.2) is 38.6 Å². The average Bonchev–Trinajstić information content (AvgIpc) is 3.09. The monoisotopic (exact) mass is 436 g/mol. The van der Waals surface area contributed by atoms with Gasteiger partial charge in [0, 0.05) is 5.75 Å². The summed E-state index contributed by atoms with van der Waals surface area (Å²) in [5.41, 5.74) is 0.406. The highest BCUT2D eigenvalue weighted by Gasteiger charge is 2.44. The number of rotatable bonds is 7. The molecule has 1 atom stereocenters. The zero-order valence-electron chi connectivity index (χ0n) is 16.4. The summed E-state index contributed by atoms with van der Waals surface area (Å²) in [5.74, 6) is 0.716. The van der Waals surface area contributed by atoms with E-state index in [1.54, 1.807) is 30.5 Å². The van der Waals surface area contributed by atoms with Gasteiger partial charge in [-0.2, -0.15) is 0 Å². The Bertz CT molecular complexity index is 868. The number of para-hydroxylation sites is 2. The molecule has 9 heteroatoms. The van der Waals surface area contributed by atoms with Crippen molar-refractivity contribution in [3.8, 4) is 0 Å². The number of fused-ring (bicyclic) bond motifs is 1. The number of benzene rings is 1. The van der Waals surface area contributed by atoms with Crippen molar-refractivity contribution >= 4 is 58.0 Å². The Labute approximate surface area is 177 Å². The lowest BCUT2D eigenvalue weighted by Crippen LogP contribution is -2.60. The maximum Gasteiger partial charge on any atom is 0.250 e. The molecule has 0 saturated heterocycles. The van der Waals surface area contributed by atoms with Crippen molar-refractivity contribution in [2.45, 2.75) is 60.0 Å². The molecule has 1 N–H and O–H groups in total. The molecule has 0 bridgehead atoms. The molecule has 0 radical (unpaired) electrons. The first-order chi connectivity index (χ1) is 13.3. The molecule has 3 rings (SSSR count). The zero-order chi connectivity index (χ0) is 20.3. The van der Waals surface area contributed by atoms with Gasteiger partial charge in [-0.25, -0.2) is 0 Å². The van der Waals surface area contributed by atoms with Crippen LogP contribution in [0.25, 0.3) is 0 Å². The van der Waals surface area contributed by atoms with Crippen molar-refractivity contribution in [3.05, 3.63) is 24.3 Å². The molecule has 2 aromatic rings. The molecule has 1 aromatic carbocycles. The van der Waals surface area contributed by atoms with Crippen LogP contribution in [0.15, 0.2) is 32.9 Å². The molecule has 0 aliphatic carbocycles. The molecule has 6 nitrogen and oxygen atoms in total. The number of carbonyl (C=O) groups excluding carboxylic acids is 2. The van der Waals surface area contributed by atoms with Crippen LogP contribution >= 0.6 is 34.9 Å². The number of anilines is 2. The van der Waals surface area contributed by atoms with Crippen LogP contribution in [0.4, 0.5) is 11.4 Å². The van der Waals surface area contributed by atoms with E-state index in [1.165, 1.54) is 23.1 Å². The quantitative estimate of drug-likeness (QED) is 0.502. The lowest BCUT2D eigenvalue weighted by Gasteiger charge is -2.42. The molecule has 0 fully saturated rings. The third-order valence-corrected chi connectivity index (χ3v) is 7.78. The van der Waals surface area contributed by atoms with Gasteiger partial charge < -0.3 is 5.32 Å². The molecule has 1 unspecified atom stereocenters. The van der Waals surface area contributed by atoms with E-state index in [0.717, 1.165) is 33.0 Å². The smallest absolute Gasteiger partial charge is 0.250 e. The molecule has 2 heterocycles. The number of unbranched alkanes of at least 4 members (excludes halogenated alkanes) is 1. The molecule has 150 valence electrons. The second-order valence-corrected chi connectivity index (χ2v) is 10.9. The molecule has 1 aromatic heterocycles. The van der Waals surface area contributed by atoms with Gasteiger partial charge in [0.2, 0.25) is 11.8 Å². The molecule has 1 aliphatic rings. The molecule has 28 heavy (non-hydrogen) atoms. The largest absolute Gasteiger partial charge is 0.322 e. The number of hydrogen-bond acceptors (Lipinski definition) is 7. The standard InChI is InChI=1S/C19H24N4O2S3/c1-5-6-11-26-17-21-22-18(28-17)27-12(2)15(24)23-14-10-8-7-9-13(14)20-16(25)19(23,3)4/h7-10,12H,5-6,11H2,1-4H3,(H,20,25). The van der Waals surface area contributed by atoms with E-state index >= 15 is 0 Å². The topological polar surface area (TPSA) is 75.2 Å². The van der Waals surface area contributed by atoms with Gasteiger partial charge in [-0.15, -0.1) is 10.2 Å². The van der Waals surface area contributed by atoms with Gasteiger partial charge in [-0.1, -0.05) is 60.3 Å². The van der Waals surface area contributed by atoms with E-state index in [-0.39, 0.29) is 17.1 Å². The van der Waals surface area contributed by atoms with E-state index in [2.05, 4.69) is 22.4 Å². The third-order valence-electron chi connectivity index (χ3n) is 4.46. The lowest BCUT2D eigenvalue weighted by atomic mass is 9.96. The summed E-state index contributed by atoms with van der Waals surface area (Å²) in [7, 11) is 0. The van der Waals surface area contributed by atoms with E-state index < -0.39 is 5.54 Å². The van der Waals surface area contributed by atoms with Crippen LogP contribution in [0, 0.1) is 0 Å². The van der Waals surface area contributed by atoms with E-state index in [1.807, 2.05) is 31.2 Å². The first kappa shape index (κ1) is 21.1. The molecule has 0 saturated carbocycles. The predicted molar refractivity (Wildman–Crippen MR) is 117 cm³/mol. The molecular weight excluding hydrogens is 412 g/mol. The number of nitrogens with one attached hydrogen (secondary N) is 1. The molecule has 0 spiro atoms. The second kappa shape index (κ2) is 8.84. The fourth-order valence-corrected chi connectivity index (χ4v) is 6.20. The first-order valence-corrected chi connectivity index (χ1v) is 11.9. The minimum Gasteiger partial charge on any atom is -0.322 e. The van der Waals surface area contributed by atoms with Crippen molar-refractivity contribution in [2.75, 3.05) is 16.0 Å². The lowest BCUT2D eigenvalue weighted by molar-refractivity contribution is -0.126. The summed E-state index contributed by atoms with van der Waals surface area (Å²) in [6.07, 6.45) is 2.30. The van der Waals surface area contributed by atoms with Crippen molar-refractivity contribution in [1.29, 1.82) is 0 Å². The van der Waals surface area contributed by atoms with Crippen molar-refractivity contribution in [1.82, 2.24) is 10.2 Å². The van der Waals surface area contributed by atoms with Gasteiger partial charge in [-0.05, 0) is 39.3 Å². The van der Waals surface area contributed by atoms with E-state index in [9.17, 15) is 9.59 Å². The second-order valence-electron chi connectivity index (χ2n) is 7.00. The van der Waals surface area contributed by atoms with E-state index in [0.29, 0.717) is 5.69 Å². The van der Waals surface area contributed by atoms with Crippen molar-refractivity contribution in [2.24, 2.45) is 0 Å². The maximum atomic E-state index is 13.3. The minimum absolute atomic E-state index is 0.118. The number of amides is 2. The van der Waals surface area contributed by atoms with Gasteiger partial charge in [0.1, 0.15) is 5.54 Å². The van der Waals surface area contributed by atoms with Crippen LogP contribution in [0.3, 0.4) is 0 Å². The minimum atomic E-state index is -0.970. The summed E-state index contributed by atoms with van der Waals surface area (Å²) >= 11 is 4.61. The fourth-order valence-electron chi connectivity index (χ4n) is 2.84. The summed E-state index contributed by atoms with van der Waals surface area (Å²) in [6, 6.07) is 7.39. The summed E-state index contributed by atoms with van der Waals surface area (Å²) in [5, 5.41) is 10.9. The van der Waals surface area contributed by atoms with Gasteiger partial charge in [0.25, 0.3) is 0 Å². The van der Waals surface area contributed by atoms with Crippen LogP contribution in [0.2, 0.25) is 0 Å². The van der Waals surface area contributed by atoms with Crippen LogP contribution in [-0.2, 0) is 9.59 Å². The molecular formula is C19H24N4O2S3. The Balaban J connectivity index is 1.76. The predicted octanol–water partition coefficient (Wildman–Crippen LogP) is 4.67. The number of nitrogens with zero attached hydrogens (tertiary/aromatic N) is 3. The SMILES string of the molecule is CCCCSc1nnc(SC(C)C(=O)N2c3ccccc3NC(=O)C2(C)C)s1. The molecule has 1 aliphatic heterocycles. The van der Waals surface area contributed by atoms with Crippen molar-refractivity contribution in [3.63, 3.8) is 0 Å². The Kier molecular flexibility index (Phi) is 6.67. The maximum absolute atomic E-state index is 13.3. The first-order valence-electron chi connectivity index (χ1n) is 9.22. The summed E-state index contributed by atoms with van der Waals surface area (Å²) in [6.45, 7) is 7.54. The number of hydrogen-bond donors (Lipinski definition) is 1. The van der Waals surface area contributed by atoms with E-state index in [4.69, 9.17) is 0 Å².